The summed E-state index contributed by atoms with van der Waals surface area (Å²) in [4.78, 5) is 27.5. The molecule has 0 radical (unpaired) electrons. The van der Waals surface area contributed by atoms with E-state index in [9.17, 15) is 9.59 Å². The summed E-state index contributed by atoms with van der Waals surface area (Å²) < 4.78 is 5.96. The van der Waals surface area contributed by atoms with Crippen molar-refractivity contribution in [1.29, 1.82) is 0 Å². The summed E-state index contributed by atoms with van der Waals surface area (Å²) in [6, 6.07) is 2.55. The molecular formula is C13H17BrN2O3. The lowest BCUT2D eigenvalue weighted by Crippen LogP contribution is -2.42. The highest BCUT2D eigenvalue weighted by molar-refractivity contribution is 9.10. The highest BCUT2D eigenvalue weighted by Crippen LogP contribution is 2.09. The minimum atomic E-state index is -0.725. The molecule has 0 aliphatic carbocycles. The fourth-order valence-corrected chi connectivity index (χ4v) is 1.46. The number of pyridine rings is 1. The molecule has 0 saturated heterocycles. The van der Waals surface area contributed by atoms with Crippen LogP contribution in [-0.4, -0.2) is 28.5 Å². The molecule has 0 spiro atoms. The first-order valence-electron chi connectivity index (χ1n) is 5.84. The van der Waals surface area contributed by atoms with Gasteiger partial charge in [-0.3, -0.25) is 4.79 Å². The zero-order valence-corrected chi connectivity index (χ0v) is 12.9. The van der Waals surface area contributed by atoms with E-state index >= 15 is 0 Å². The first-order valence-corrected chi connectivity index (χ1v) is 6.63. The van der Waals surface area contributed by atoms with Crippen molar-refractivity contribution in [2.75, 3.05) is 0 Å². The molecule has 6 heteroatoms. The average Bonchev–Trinajstić information content (AvgIpc) is 2.27. The van der Waals surface area contributed by atoms with Crippen molar-refractivity contribution in [1.82, 2.24) is 10.3 Å². The number of hydrogen-bond acceptors (Lipinski definition) is 4. The van der Waals surface area contributed by atoms with Crippen LogP contribution in [0.2, 0.25) is 0 Å². The van der Waals surface area contributed by atoms with E-state index in [1.165, 1.54) is 6.20 Å². The maximum absolute atomic E-state index is 11.8. The van der Waals surface area contributed by atoms with Crippen LogP contribution < -0.4 is 5.32 Å². The third kappa shape index (κ3) is 5.38. The number of carbonyl (C=O) groups is 2. The van der Waals surface area contributed by atoms with E-state index in [2.05, 4.69) is 26.2 Å². The van der Waals surface area contributed by atoms with E-state index in [1.807, 2.05) is 0 Å². The van der Waals surface area contributed by atoms with Crippen LogP contribution in [0.15, 0.2) is 22.8 Å². The van der Waals surface area contributed by atoms with Gasteiger partial charge in [0, 0.05) is 10.7 Å². The van der Waals surface area contributed by atoms with Gasteiger partial charge >= 0.3 is 5.97 Å². The van der Waals surface area contributed by atoms with Crippen LogP contribution in [0, 0.1) is 0 Å². The van der Waals surface area contributed by atoms with E-state index in [4.69, 9.17) is 4.74 Å². The number of ether oxygens (including phenoxy) is 1. The van der Waals surface area contributed by atoms with E-state index in [1.54, 1.807) is 39.8 Å². The molecule has 1 atom stereocenters. The molecule has 0 bridgehead atoms. The number of hydrogen-bond donors (Lipinski definition) is 1. The maximum Gasteiger partial charge on any atom is 0.328 e. The van der Waals surface area contributed by atoms with Gasteiger partial charge in [0.1, 0.15) is 17.3 Å². The standard InChI is InChI=1S/C13H17BrN2O3/c1-8(12(18)19-13(2,3)4)16-11(17)10-6-5-9(14)7-15-10/h5-8H,1-4H3,(H,16,17)/t8-/m1/s1. The molecule has 1 N–H and O–H groups in total. The van der Waals surface area contributed by atoms with Crippen molar-refractivity contribution in [3.05, 3.63) is 28.5 Å². The number of nitrogens with one attached hydrogen (secondary N) is 1. The summed E-state index contributed by atoms with van der Waals surface area (Å²) in [5.41, 5.74) is -0.329. The van der Waals surface area contributed by atoms with Crippen LogP contribution in [-0.2, 0) is 9.53 Å². The monoisotopic (exact) mass is 328 g/mol. The van der Waals surface area contributed by atoms with Crippen LogP contribution in [0.4, 0.5) is 0 Å². The molecule has 19 heavy (non-hydrogen) atoms. The van der Waals surface area contributed by atoms with Crippen molar-refractivity contribution >= 4 is 27.8 Å². The summed E-state index contributed by atoms with van der Waals surface area (Å²) in [7, 11) is 0. The smallest absolute Gasteiger partial charge is 0.328 e. The molecule has 1 amide bonds. The molecule has 1 aromatic rings. The second-order valence-electron chi connectivity index (χ2n) is 5.09. The molecule has 0 saturated carbocycles. The van der Waals surface area contributed by atoms with Crippen molar-refractivity contribution in [3.63, 3.8) is 0 Å². The molecule has 104 valence electrons. The zero-order valence-electron chi connectivity index (χ0n) is 11.4. The lowest BCUT2D eigenvalue weighted by Gasteiger charge is -2.22. The highest BCUT2D eigenvalue weighted by atomic mass is 79.9. The van der Waals surface area contributed by atoms with Crippen molar-refractivity contribution in [2.45, 2.75) is 39.3 Å². The first-order chi connectivity index (χ1) is 8.69. The highest BCUT2D eigenvalue weighted by Gasteiger charge is 2.23. The van der Waals surface area contributed by atoms with Crippen molar-refractivity contribution in [2.24, 2.45) is 0 Å². The van der Waals surface area contributed by atoms with E-state index in [0.29, 0.717) is 0 Å². The maximum atomic E-state index is 11.8. The quantitative estimate of drug-likeness (QED) is 0.864. The fourth-order valence-electron chi connectivity index (χ4n) is 1.23. The molecule has 0 unspecified atom stereocenters. The molecule has 0 aliphatic heterocycles. The third-order valence-corrected chi connectivity index (χ3v) is 2.54. The lowest BCUT2D eigenvalue weighted by molar-refractivity contribution is -0.156. The van der Waals surface area contributed by atoms with Gasteiger partial charge in [-0.05, 0) is 55.8 Å². The van der Waals surface area contributed by atoms with Gasteiger partial charge in [-0.25, -0.2) is 9.78 Å². The summed E-state index contributed by atoms with van der Waals surface area (Å²) >= 11 is 3.23. The topological polar surface area (TPSA) is 68.3 Å². The van der Waals surface area contributed by atoms with Crippen LogP contribution in [0.1, 0.15) is 38.2 Å². The number of amides is 1. The van der Waals surface area contributed by atoms with Gasteiger partial charge in [0.2, 0.25) is 0 Å². The van der Waals surface area contributed by atoms with Gasteiger partial charge in [0.05, 0.1) is 0 Å². The number of rotatable bonds is 3. The average molecular weight is 329 g/mol. The summed E-state index contributed by atoms with van der Waals surface area (Å²) in [6.45, 7) is 6.89. The van der Waals surface area contributed by atoms with Gasteiger partial charge in [-0.1, -0.05) is 0 Å². The number of nitrogens with zero attached hydrogens (tertiary/aromatic N) is 1. The van der Waals surface area contributed by atoms with Gasteiger partial charge in [0.25, 0.3) is 5.91 Å². The van der Waals surface area contributed by atoms with E-state index in [-0.39, 0.29) is 5.69 Å². The van der Waals surface area contributed by atoms with Crippen LogP contribution in [0.3, 0.4) is 0 Å². The van der Waals surface area contributed by atoms with Crippen LogP contribution >= 0.6 is 15.9 Å². The molecular weight excluding hydrogens is 312 g/mol. The Morgan fingerprint density at radius 2 is 2.00 bits per heavy atom. The number of carbonyl (C=O) groups excluding carboxylic acids is 2. The van der Waals surface area contributed by atoms with Gasteiger partial charge < -0.3 is 10.1 Å². The van der Waals surface area contributed by atoms with E-state index in [0.717, 1.165) is 4.47 Å². The number of esters is 1. The minimum absolute atomic E-state index is 0.249. The molecule has 0 fully saturated rings. The second-order valence-corrected chi connectivity index (χ2v) is 6.01. The molecule has 0 aromatic carbocycles. The lowest BCUT2D eigenvalue weighted by atomic mass is 10.2. The Balaban J connectivity index is 2.61. The predicted molar refractivity (Wildman–Crippen MR) is 74.7 cm³/mol. The van der Waals surface area contributed by atoms with Crippen LogP contribution in [0.25, 0.3) is 0 Å². The predicted octanol–water partition coefficient (Wildman–Crippen LogP) is 2.30. The Morgan fingerprint density at radius 1 is 1.37 bits per heavy atom. The Labute approximate surface area is 120 Å². The van der Waals surface area contributed by atoms with E-state index < -0.39 is 23.5 Å². The molecule has 5 nitrogen and oxygen atoms in total. The molecule has 0 aliphatic rings. The second kappa shape index (κ2) is 6.14. The normalized spacial score (nSPS) is 12.7. The Hall–Kier alpha value is -1.43. The zero-order chi connectivity index (χ0) is 14.6. The largest absolute Gasteiger partial charge is 0.458 e. The summed E-state index contributed by atoms with van der Waals surface area (Å²) in [5.74, 6) is -0.885. The van der Waals surface area contributed by atoms with Crippen molar-refractivity contribution in [3.8, 4) is 0 Å². The Morgan fingerprint density at radius 3 is 2.47 bits per heavy atom. The molecule has 1 aromatic heterocycles. The van der Waals surface area contributed by atoms with Crippen molar-refractivity contribution < 1.29 is 14.3 Å². The minimum Gasteiger partial charge on any atom is -0.458 e. The van der Waals surface area contributed by atoms with Gasteiger partial charge in [-0.15, -0.1) is 0 Å². The summed E-state index contributed by atoms with van der Waals surface area (Å²) in [5, 5.41) is 2.55. The van der Waals surface area contributed by atoms with Gasteiger partial charge in [0.15, 0.2) is 0 Å². The Bertz CT molecular complexity index is 466. The molecule has 1 heterocycles. The Kier molecular flexibility index (Phi) is 5.05. The third-order valence-electron chi connectivity index (χ3n) is 2.07. The van der Waals surface area contributed by atoms with Crippen LogP contribution in [0.5, 0.6) is 0 Å². The summed E-state index contributed by atoms with van der Waals surface area (Å²) in [6.07, 6.45) is 1.52. The number of aromatic nitrogens is 1. The molecule has 1 rings (SSSR count). The first kappa shape index (κ1) is 15.6. The van der Waals surface area contributed by atoms with Gasteiger partial charge in [-0.2, -0.15) is 0 Å². The SMILES string of the molecule is C[C@@H](NC(=O)c1ccc(Br)cn1)C(=O)OC(C)(C)C. The fraction of sp³-hybridized carbons (Fsp3) is 0.462. The number of halogens is 1.